The van der Waals surface area contributed by atoms with E-state index in [1.165, 1.54) is 0 Å². The molecule has 1 saturated heterocycles. The molecule has 1 aliphatic heterocycles. The molecule has 5 heteroatoms. The first-order valence-corrected chi connectivity index (χ1v) is 10.1. The number of rotatable bonds is 5. The van der Waals surface area contributed by atoms with Crippen LogP contribution in [0.1, 0.15) is 24.8 Å². The summed E-state index contributed by atoms with van der Waals surface area (Å²) in [5, 5.41) is 1.79. The maximum atomic E-state index is 12.5. The number of carbonyl (C=O) groups is 1. The molecule has 0 atom stereocenters. The van der Waals surface area contributed by atoms with Gasteiger partial charge in [-0.15, -0.1) is 0 Å². The number of hydrogen-bond donors (Lipinski definition) is 0. The van der Waals surface area contributed by atoms with E-state index in [0.717, 1.165) is 54.6 Å². The van der Waals surface area contributed by atoms with E-state index in [9.17, 15) is 4.79 Å². The van der Waals surface area contributed by atoms with Crippen LogP contribution in [0.15, 0.2) is 60.8 Å². The zero-order valence-corrected chi connectivity index (χ0v) is 16.4. The molecular weight excluding hydrogens is 372 g/mol. The van der Waals surface area contributed by atoms with Crippen molar-refractivity contribution in [2.75, 3.05) is 13.1 Å². The van der Waals surface area contributed by atoms with Gasteiger partial charge in [-0.05, 0) is 36.2 Å². The van der Waals surface area contributed by atoms with Gasteiger partial charge in [-0.1, -0.05) is 41.9 Å². The zero-order chi connectivity index (χ0) is 19.3. The van der Waals surface area contributed by atoms with Crippen molar-refractivity contribution >= 4 is 28.4 Å². The number of ether oxygens (including phenoxy) is 1. The number of aromatic nitrogens is 1. The van der Waals surface area contributed by atoms with Gasteiger partial charge < -0.3 is 9.64 Å². The molecule has 0 aliphatic carbocycles. The van der Waals surface area contributed by atoms with Gasteiger partial charge in [0.25, 0.3) is 0 Å². The molecule has 4 nitrogen and oxygen atoms in total. The molecule has 0 bridgehead atoms. The normalized spacial score (nSPS) is 15.0. The largest absolute Gasteiger partial charge is 0.488 e. The number of fused-ring (bicyclic) bond motifs is 1. The molecule has 28 heavy (non-hydrogen) atoms. The molecule has 2 aromatic carbocycles. The van der Waals surface area contributed by atoms with Crippen LogP contribution in [-0.4, -0.2) is 35.0 Å². The molecule has 0 saturated carbocycles. The number of aryl methyl sites for hydroxylation is 1. The first-order chi connectivity index (χ1) is 13.7. The van der Waals surface area contributed by atoms with E-state index in [2.05, 4.69) is 4.98 Å². The van der Waals surface area contributed by atoms with Gasteiger partial charge in [-0.25, -0.2) is 0 Å². The van der Waals surface area contributed by atoms with Gasteiger partial charge in [-0.2, -0.15) is 0 Å². The van der Waals surface area contributed by atoms with Crippen LogP contribution in [0, 0.1) is 0 Å². The quantitative estimate of drug-likeness (QED) is 0.618. The molecule has 0 radical (unpaired) electrons. The highest BCUT2D eigenvalue weighted by Crippen LogP contribution is 2.26. The summed E-state index contributed by atoms with van der Waals surface area (Å²) in [6.07, 6.45) is 4.82. The van der Waals surface area contributed by atoms with Crippen LogP contribution in [0.5, 0.6) is 5.75 Å². The van der Waals surface area contributed by atoms with E-state index in [1.807, 2.05) is 59.5 Å². The summed E-state index contributed by atoms with van der Waals surface area (Å²) < 4.78 is 6.22. The minimum atomic E-state index is 0.115. The van der Waals surface area contributed by atoms with Crippen molar-refractivity contribution in [3.05, 3.63) is 71.4 Å². The van der Waals surface area contributed by atoms with E-state index in [0.29, 0.717) is 11.4 Å². The second-order valence-corrected chi connectivity index (χ2v) is 7.60. The van der Waals surface area contributed by atoms with E-state index in [4.69, 9.17) is 16.3 Å². The van der Waals surface area contributed by atoms with E-state index in [-0.39, 0.29) is 12.0 Å². The van der Waals surface area contributed by atoms with Gasteiger partial charge >= 0.3 is 0 Å². The number of piperidine rings is 1. The van der Waals surface area contributed by atoms with E-state index >= 15 is 0 Å². The van der Waals surface area contributed by atoms with Crippen LogP contribution in [0.3, 0.4) is 0 Å². The smallest absolute Gasteiger partial charge is 0.222 e. The van der Waals surface area contributed by atoms with Gasteiger partial charge in [0.2, 0.25) is 5.91 Å². The second-order valence-electron chi connectivity index (χ2n) is 7.16. The summed E-state index contributed by atoms with van der Waals surface area (Å²) in [4.78, 5) is 18.9. The molecule has 2 heterocycles. The maximum Gasteiger partial charge on any atom is 0.222 e. The van der Waals surface area contributed by atoms with Crippen molar-refractivity contribution in [2.45, 2.75) is 31.8 Å². The fourth-order valence-corrected chi connectivity index (χ4v) is 3.89. The predicted octanol–water partition coefficient (Wildman–Crippen LogP) is 4.89. The first-order valence-electron chi connectivity index (χ1n) is 9.72. The predicted molar refractivity (Wildman–Crippen MR) is 112 cm³/mol. The Morgan fingerprint density at radius 1 is 1.11 bits per heavy atom. The van der Waals surface area contributed by atoms with E-state index < -0.39 is 0 Å². The Kier molecular flexibility index (Phi) is 5.77. The zero-order valence-electron chi connectivity index (χ0n) is 15.7. The minimum Gasteiger partial charge on any atom is -0.488 e. The molecule has 144 valence electrons. The lowest BCUT2D eigenvalue weighted by Gasteiger charge is -2.32. The Morgan fingerprint density at radius 2 is 1.89 bits per heavy atom. The Balaban J connectivity index is 1.30. The molecule has 1 aromatic heterocycles. The van der Waals surface area contributed by atoms with Gasteiger partial charge in [0.15, 0.2) is 0 Å². The minimum absolute atomic E-state index is 0.115. The average molecular weight is 395 g/mol. The van der Waals surface area contributed by atoms with Crippen LogP contribution in [0.4, 0.5) is 0 Å². The third kappa shape index (κ3) is 4.45. The number of halogens is 1. The number of carbonyl (C=O) groups excluding carboxylic acids is 1. The number of pyridine rings is 1. The maximum absolute atomic E-state index is 12.5. The van der Waals surface area contributed by atoms with Crippen molar-refractivity contribution in [1.29, 1.82) is 0 Å². The van der Waals surface area contributed by atoms with E-state index in [1.54, 1.807) is 6.20 Å². The van der Waals surface area contributed by atoms with Crippen molar-refractivity contribution in [1.82, 2.24) is 9.88 Å². The van der Waals surface area contributed by atoms with Crippen LogP contribution in [0.25, 0.3) is 10.9 Å². The summed E-state index contributed by atoms with van der Waals surface area (Å²) >= 11 is 6.01. The standard InChI is InChI=1S/C23H23ClN2O2/c24-19-7-1-4-17(16-19)9-10-22(27)26-14-11-20(12-15-26)28-21-8-2-5-18-6-3-13-25-23(18)21/h1-8,13,16,20H,9-12,14-15H2. The van der Waals surface area contributed by atoms with Crippen LogP contribution >= 0.6 is 11.6 Å². The van der Waals surface area contributed by atoms with Crippen molar-refractivity contribution < 1.29 is 9.53 Å². The second kappa shape index (κ2) is 8.61. The number of likely N-dealkylation sites (tertiary alicyclic amines) is 1. The third-order valence-electron chi connectivity index (χ3n) is 5.20. The molecule has 0 unspecified atom stereocenters. The summed E-state index contributed by atoms with van der Waals surface area (Å²) in [5.41, 5.74) is 1.99. The first kappa shape index (κ1) is 18.8. The molecule has 1 fully saturated rings. The molecule has 0 N–H and O–H groups in total. The van der Waals surface area contributed by atoms with Crippen LogP contribution in [0.2, 0.25) is 5.02 Å². The van der Waals surface area contributed by atoms with Gasteiger partial charge in [0, 0.05) is 49.0 Å². The Morgan fingerprint density at radius 3 is 2.71 bits per heavy atom. The Bertz CT molecular complexity index is 962. The van der Waals surface area contributed by atoms with Crippen molar-refractivity contribution in [3.63, 3.8) is 0 Å². The van der Waals surface area contributed by atoms with Crippen molar-refractivity contribution in [3.8, 4) is 5.75 Å². The van der Waals surface area contributed by atoms with Gasteiger partial charge in [-0.3, -0.25) is 9.78 Å². The summed E-state index contributed by atoms with van der Waals surface area (Å²) in [6, 6.07) is 17.7. The Hall–Kier alpha value is -2.59. The lowest BCUT2D eigenvalue weighted by molar-refractivity contribution is -0.132. The lowest BCUT2D eigenvalue weighted by atomic mass is 10.1. The number of hydrogen-bond acceptors (Lipinski definition) is 3. The fourth-order valence-electron chi connectivity index (χ4n) is 3.68. The highest BCUT2D eigenvalue weighted by atomic mass is 35.5. The number of para-hydroxylation sites is 1. The summed E-state index contributed by atoms with van der Waals surface area (Å²) in [7, 11) is 0. The highest BCUT2D eigenvalue weighted by Gasteiger charge is 2.24. The van der Waals surface area contributed by atoms with Crippen LogP contribution < -0.4 is 4.74 Å². The topological polar surface area (TPSA) is 42.4 Å². The van der Waals surface area contributed by atoms with Gasteiger partial charge in [0.1, 0.15) is 17.4 Å². The third-order valence-corrected chi connectivity index (χ3v) is 5.44. The lowest BCUT2D eigenvalue weighted by Crippen LogP contribution is -2.41. The molecule has 1 amide bonds. The monoisotopic (exact) mass is 394 g/mol. The number of amides is 1. The molecule has 1 aliphatic rings. The average Bonchev–Trinajstić information content (AvgIpc) is 2.73. The molecule has 0 spiro atoms. The fraction of sp³-hybridized carbons (Fsp3) is 0.304. The number of nitrogens with zero attached hydrogens (tertiary/aromatic N) is 2. The summed E-state index contributed by atoms with van der Waals surface area (Å²) in [6.45, 7) is 1.47. The number of benzene rings is 2. The Labute approximate surface area is 170 Å². The SMILES string of the molecule is O=C(CCc1cccc(Cl)c1)N1CCC(Oc2cccc3cccnc23)CC1. The van der Waals surface area contributed by atoms with Crippen LogP contribution in [-0.2, 0) is 11.2 Å². The summed E-state index contributed by atoms with van der Waals surface area (Å²) in [5.74, 6) is 1.02. The van der Waals surface area contributed by atoms with Crippen molar-refractivity contribution in [2.24, 2.45) is 0 Å². The molecular formula is C23H23ClN2O2. The van der Waals surface area contributed by atoms with Gasteiger partial charge in [0.05, 0.1) is 0 Å². The highest BCUT2D eigenvalue weighted by molar-refractivity contribution is 6.30. The molecule has 3 aromatic rings. The molecule has 4 rings (SSSR count).